The molecule has 0 aliphatic heterocycles. The molecule has 3 N–H and O–H groups in total. The van der Waals surface area contributed by atoms with Crippen LogP contribution in [0.25, 0.3) is 0 Å². The van der Waals surface area contributed by atoms with Crippen molar-refractivity contribution in [2.24, 2.45) is 11.7 Å². The molecule has 1 saturated carbocycles. The minimum Gasteiger partial charge on any atom is -0.326 e. The molecule has 0 atom stereocenters. The maximum absolute atomic E-state index is 14.0. The lowest BCUT2D eigenvalue weighted by atomic mass is 10.2. The van der Waals surface area contributed by atoms with Crippen LogP contribution in [-0.2, 0) is 16.6 Å². The van der Waals surface area contributed by atoms with Crippen molar-refractivity contribution in [3.63, 3.8) is 0 Å². The molecule has 1 fully saturated rings. The highest BCUT2D eigenvalue weighted by atomic mass is 35.5. The summed E-state index contributed by atoms with van der Waals surface area (Å²) < 4.78 is 40.6. The van der Waals surface area contributed by atoms with Crippen LogP contribution in [0.3, 0.4) is 0 Å². The lowest BCUT2D eigenvalue weighted by molar-refractivity contribution is 0.546. The SMILES string of the molecule is NCc1cc(Cl)cc(S(=O)(=O)NCCCC2CC2)c1F. The molecule has 1 aliphatic carbocycles. The van der Waals surface area contributed by atoms with Crippen molar-refractivity contribution in [3.8, 4) is 0 Å². The van der Waals surface area contributed by atoms with Crippen LogP contribution in [0.5, 0.6) is 0 Å². The standard InChI is InChI=1S/C13H18ClFN2O2S/c14-11-6-10(8-16)13(15)12(7-11)20(18,19)17-5-1-2-9-3-4-9/h6-7,9,17H,1-5,8,16H2. The first-order valence-electron chi connectivity index (χ1n) is 6.61. The molecular weight excluding hydrogens is 303 g/mol. The number of nitrogens with two attached hydrogens (primary N) is 1. The molecule has 7 heteroatoms. The number of hydrogen-bond donors (Lipinski definition) is 2. The van der Waals surface area contributed by atoms with Crippen LogP contribution in [0, 0.1) is 11.7 Å². The van der Waals surface area contributed by atoms with Crippen LogP contribution in [0.1, 0.15) is 31.2 Å². The quantitative estimate of drug-likeness (QED) is 0.758. The van der Waals surface area contributed by atoms with Gasteiger partial charge in [-0.25, -0.2) is 17.5 Å². The summed E-state index contributed by atoms with van der Waals surface area (Å²) in [7, 11) is -3.89. The van der Waals surface area contributed by atoms with Gasteiger partial charge in [0, 0.05) is 23.7 Å². The maximum Gasteiger partial charge on any atom is 0.243 e. The molecule has 0 bridgehead atoms. The molecule has 112 valence electrons. The monoisotopic (exact) mass is 320 g/mol. The second-order valence-electron chi connectivity index (χ2n) is 5.06. The molecule has 0 heterocycles. The fourth-order valence-corrected chi connectivity index (χ4v) is 3.57. The van der Waals surface area contributed by atoms with E-state index in [9.17, 15) is 12.8 Å². The zero-order valence-corrected chi connectivity index (χ0v) is 12.6. The Morgan fingerprint density at radius 1 is 1.40 bits per heavy atom. The Bertz CT molecular complexity index is 588. The average Bonchev–Trinajstić information content (AvgIpc) is 3.21. The fraction of sp³-hybridized carbons (Fsp3) is 0.538. The van der Waals surface area contributed by atoms with Gasteiger partial charge in [-0.2, -0.15) is 0 Å². The first-order valence-corrected chi connectivity index (χ1v) is 8.48. The van der Waals surface area contributed by atoms with E-state index in [-0.39, 0.29) is 17.1 Å². The van der Waals surface area contributed by atoms with Gasteiger partial charge in [0.05, 0.1) is 0 Å². The highest BCUT2D eigenvalue weighted by molar-refractivity contribution is 7.89. The van der Waals surface area contributed by atoms with E-state index in [2.05, 4.69) is 4.72 Å². The van der Waals surface area contributed by atoms with Gasteiger partial charge in [0.25, 0.3) is 0 Å². The Morgan fingerprint density at radius 2 is 2.10 bits per heavy atom. The summed E-state index contributed by atoms with van der Waals surface area (Å²) in [6.07, 6.45) is 4.23. The zero-order valence-electron chi connectivity index (χ0n) is 11.0. The van der Waals surface area contributed by atoms with Crippen molar-refractivity contribution in [3.05, 3.63) is 28.5 Å². The first-order chi connectivity index (χ1) is 9.44. The summed E-state index contributed by atoms with van der Waals surface area (Å²) in [6, 6.07) is 2.45. The molecule has 0 radical (unpaired) electrons. The minimum absolute atomic E-state index is 0.0934. The van der Waals surface area contributed by atoms with Gasteiger partial charge in [-0.3, -0.25) is 0 Å². The zero-order chi connectivity index (χ0) is 14.8. The van der Waals surface area contributed by atoms with Crippen molar-refractivity contribution in [1.29, 1.82) is 0 Å². The molecule has 2 rings (SSSR count). The van der Waals surface area contributed by atoms with Crippen molar-refractivity contribution in [2.45, 2.75) is 37.1 Å². The smallest absolute Gasteiger partial charge is 0.243 e. The van der Waals surface area contributed by atoms with Crippen LogP contribution >= 0.6 is 11.6 Å². The van der Waals surface area contributed by atoms with Gasteiger partial charge in [0.2, 0.25) is 10.0 Å². The molecule has 4 nitrogen and oxygen atoms in total. The number of halogens is 2. The van der Waals surface area contributed by atoms with Crippen LogP contribution in [0.2, 0.25) is 5.02 Å². The van der Waals surface area contributed by atoms with Crippen molar-refractivity contribution >= 4 is 21.6 Å². The molecule has 20 heavy (non-hydrogen) atoms. The Morgan fingerprint density at radius 3 is 2.70 bits per heavy atom. The predicted molar refractivity (Wildman–Crippen MR) is 76.4 cm³/mol. The predicted octanol–water partition coefficient (Wildman–Crippen LogP) is 2.41. The van der Waals surface area contributed by atoms with E-state index in [1.165, 1.54) is 18.9 Å². The molecule has 0 saturated heterocycles. The lowest BCUT2D eigenvalue weighted by Gasteiger charge is -2.10. The van der Waals surface area contributed by atoms with Crippen molar-refractivity contribution in [1.82, 2.24) is 4.72 Å². The maximum atomic E-state index is 14.0. The number of nitrogens with one attached hydrogen (secondary N) is 1. The van der Waals surface area contributed by atoms with Crippen molar-refractivity contribution < 1.29 is 12.8 Å². The minimum atomic E-state index is -3.89. The number of sulfonamides is 1. The number of benzene rings is 1. The van der Waals surface area contributed by atoms with E-state index < -0.39 is 20.7 Å². The van der Waals surface area contributed by atoms with Gasteiger partial charge in [-0.1, -0.05) is 24.4 Å². The second-order valence-corrected chi connectivity index (χ2v) is 7.24. The second kappa shape index (κ2) is 6.39. The van der Waals surface area contributed by atoms with Gasteiger partial charge in [0.15, 0.2) is 0 Å². The van der Waals surface area contributed by atoms with Gasteiger partial charge < -0.3 is 5.73 Å². The third-order valence-corrected chi connectivity index (χ3v) is 5.05. The topological polar surface area (TPSA) is 72.2 Å². The highest BCUT2D eigenvalue weighted by Gasteiger charge is 2.23. The Balaban J connectivity index is 2.09. The van der Waals surface area contributed by atoms with Gasteiger partial charge >= 0.3 is 0 Å². The third-order valence-electron chi connectivity index (χ3n) is 3.37. The van der Waals surface area contributed by atoms with Crippen LogP contribution in [0.15, 0.2) is 17.0 Å². The van der Waals surface area contributed by atoms with Crippen molar-refractivity contribution in [2.75, 3.05) is 6.54 Å². The average molecular weight is 321 g/mol. The molecular formula is C13H18ClFN2O2S. The largest absolute Gasteiger partial charge is 0.326 e. The van der Waals surface area contributed by atoms with Gasteiger partial charge in [-0.15, -0.1) is 0 Å². The van der Waals surface area contributed by atoms with E-state index in [1.54, 1.807) is 0 Å². The molecule has 0 spiro atoms. The summed E-state index contributed by atoms with van der Waals surface area (Å²) in [5.74, 6) is -0.0853. The Hall–Kier alpha value is -0.690. The van der Waals surface area contributed by atoms with Crippen LogP contribution in [0.4, 0.5) is 4.39 Å². The first kappa shape index (κ1) is 15.7. The normalized spacial score (nSPS) is 15.6. The van der Waals surface area contributed by atoms with E-state index in [4.69, 9.17) is 17.3 Å². The molecule has 0 unspecified atom stereocenters. The summed E-state index contributed by atoms with van der Waals surface area (Å²) in [5.41, 5.74) is 5.47. The number of rotatable bonds is 7. The summed E-state index contributed by atoms with van der Waals surface area (Å²) in [5, 5.41) is 0.158. The summed E-state index contributed by atoms with van der Waals surface area (Å²) in [6.45, 7) is 0.208. The van der Waals surface area contributed by atoms with E-state index in [1.807, 2.05) is 0 Å². The Labute approximate surface area is 123 Å². The molecule has 0 amide bonds. The summed E-state index contributed by atoms with van der Waals surface area (Å²) in [4.78, 5) is -0.433. The lowest BCUT2D eigenvalue weighted by Crippen LogP contribution is -2.26. The molecule has 1 aliphatic rings. The van der Waals surface area contributed by atoms with Crippen LogP contribution < -0.4 is 10.5 Å². The van der Waals surface area contributed by atoms with E-state index >= 15 is 0 Å². The van der Waals surface area contributed by atoms with Gasteiger partial charge in [-0.05, 0) is 30.9 Å². The highest BCUT2D eigenvalue weighted by Crippen LogP contribution is 2.33. The third kappa shape index (κ3) is 3.91. The van der Waals surface area contributed by atoms with Crippen LogP contribution in [-0.4, -0.2) is 15.0 Å². The Kier molecular flexibility index (Phi) is 5.01. The van der Waals surface area contributed by atoms with E-state index in [0.717, 1.165) is 24.8 Å². The van der Waals surface area contributed by atoms with Gasteiger partial charge in [0.1, 0.15) is 10.7 Å². The molecule has 1 aromatic carbocycles. The molecule has 0 aromatic heterocycles. The number of hydrogen-bond acceptors (Lipinski definition) is 3. The molecule has 1 aromatic rings. The van der Waals surface area contributed by atoms with E-state index in [0.29, 0.717) is 6.54 Å². The fourth-order valence-electron chi connectivity index (χ4n) is 2.04. The summed E-state index contributed by atoms with van der Waals surface area (Å²) >= 11 is 5.80.